The summed E-state index contributed by atoms with van der Waals surface area (Å²) in [4.78, 5) is 30.9. The number of piperidine rings is 3. The van der Waals surface area contributed by atoms with E-state index in [1.807, 2.05) is 4.90 Å². The third-order valence-corrected chi connectivity index (χ3v) is 7.35. The molecule has 156 valence electrons. The van der Waals surface area contributed by atoms with Crippen LogP contribution in [0, 0.1) is 11.8 Å². The summed E-state index contributed by atoms with van der Waals surface area (Å²) in [6, 6.07) is 12.1. The van der Waals surface area contributed by atoms with Crippen molar-refractivity contribution in [3.63, 3.8) is 0 Å². The van der Waals surface area contributed by atoms with E-state index in [9.17, 15) is 9.59 Å². The highest BCUT2D eigenvalue weighted by Gasteiger charge is 2.45. The van der Waals surface area contributed by atoms with Crippen LogP contribution in [0.4, 0.5) is 4.79 Å². The average molecular weight is 398 g/mol. The number of benzene rings is 1. The molecule has 6 heteroatoms. The average Bonchev–Trinajstić information content (AvgIpc) is 3.13. The molecule has 0 aromatic heterocycles. The van der Waals surface area contributed by atoms with Gasteiger partial charge >= 0.3 is 6.09 Å². The normalized spacial score (nSPS) is 32.1. The van der Waals surface area contributed by atoms with Crippen molar-refractivity contribution in [2.75, 3.05) is 39.3 Å². The Morgan fingerprint density at radius 2 is 1.97 bits per heavy atom. The van der Waals surface area contributed by atoms with Gasteiger partial charge in [0, 0.05) is 31.7 Å². The summed E-state index contributed by atoms with van der Waals surface area (Å²) in [5.74, 6) is 1.20. The van der Waals surface area contributed by atoms with E-state index in [0.29, 0.717) is 37.1 Å². The van der Waals surface area contributed by atoms with Crippen LogP contribution < -0.4 is 0 Å². The maximum atomic E-state index is 12.9. The third kappa shape index (κ3) is 3.87. The van der Waals surface area contributed by atoms with Gasteiger partial charge in [0.15, 0.2) is 0 Å². The Hall–Kier alpha value is -2.08. The number of fused-ring (bicyclic) bond motifs is 4. The molecule has 29 heavy (non-hydrogen) atoms. The molecule has 0 saturated carbocycles. The summed E-state index contributed by atoms with van der Waals surface area (Å²) in [6.07, 6.45) is 5.85. The van der Waals surface area contributed by atoms with Crippen LogP contribution >= 0.6 is 0 Å². The molecule has 2 bridgehead atoms. The summed E-state index contributed by atoms with van der Waals surface area (Å²) in [5.41, 5.74) is 1.43. The van der Waals surface area contributed by atoms with Gasteiger partial charge in [-0.15, -0.1) is 0 Å². The van der Waals surface area contributed by atoms with Crippen molar-refractivity contribution in [2.24, 2.45) is 11.8 Å². The van der Waals surface area contributed by atoms with Crippen molar-refractivity contribution in [1.82, 2.24) is 14.7 Å². The summed E-state index contributed by atoms with van der Waals surface area (Å²) in [5, 5.41) is 0. The maximum Gasteiger partial charge on any atom is 0.410 e. The zero-order valence-corrected chi connectivity index (χ0v) is 17.0. The van der Waals surface area contributed by atoms with Gasteiger partial charge in [0.05, 0.1) is 6.54 Å². The molecule has 1 aromatic carbocycles. The maximum absolute atomic E-state index is 12.9. The summed E-state index contributed by atoms with van der Waals surface area (Å²) in [6.45, 7) is 3.88. The Morgan fingerprint density at radius 1 is 1.10 bits per heavy atom. The SMILES string of the molecule is O=C(CN1CCOC1=O)N1C[C@@H]2C[C@H](C1)[C@@H]1CCC[C@H](Cc3ccccc3)N1C2. The quantitative estimate of drug-likeness (QED) is 0.783. The number of carbonyl (C=O) groups excluding carboxylic acids is 2. The number of ether oxygens (including phenoxy) is 1. The van der Waals surface area contributed by atoms with Crippen molar-refractivity contribution in [3.8, 4) is 0 Å². The second-order valence-corrected chi connectivity index (χ2v) is 9.24. The Kier molecular flexibility index (Phi) is 5.20. The van der Waals surface area contributed by atoms with Gasteiger partial charge in [-0.2, -0.15) is 0 Å². The van der Waals surface area contributed by atoms with Gasteiger partial charge < -0.3 is 9.64 Å². The number of carbonyl (C=O) groups is 2. The number of rotatable bonds is 4. The summed E-state index contributed by atoms with van der Waals surface area (Å²) >= 11 is 0. The van der Waals surface area contributed by atoms with E-state index in [4.69, 9.17) is 4.74 Å². The van der Waals surface area contributed by atoms with Gasteiger partial charge in [-0.3, -0.25) is 14.6 Å². The van der Waals surface area contributed by atoms with Crippen molar-refractivity contribution < 1.29 is 14.3 Å². The second-order valence-electron chi connectivity index (χ2n) is 9.24. The number of hydrogen-bond acceptors (Lipinski definition) is 4. The van der Waals surface area contributed by atoms with Crippen molar-refractivity contribution in [2.45, 2.75) is 44.2 Å². The van der Waals surface area contributed by atoms with E-state index < -0.39 is 0 Å². The Balaban J connectivity index is 1.24. The molecular formula is C23H31N3O3. The van der Waals surface area contributed by atoms with Crippen LogP contribution in [0.15, 0.2) is 30.3 Å². The highest BCUT2D eigenvalue weighted by atomic mass is 16.6. The summed E-state index contributed by atoms with van der Waals surface area (Å²) < 4.78 is 4.97. The van der Waals surface area contributed by atoms with Gasteiger partial charge in [-0.1, -0.05) is 36.8 Å². The van der Waals surface area contributed by atoms with Crippen LogP contribution in [0.3, 0.4) is 0 Å². The molecule has 4 heterocycles. The topological polar surface area (TPSA) is 53.1 Å². The summed E-state index contributed by atoms with van der Waals surface area (Å²) in [7, 11) is 0. The predicted molar refractivity (Wildman–Crippen MR) is 109 cm³/mol. The van der Waals surface area contributed by atoms with Crippen LogP contribution in [-0.2, 0) is 16.0 Å². The number of nitrogens with zero attached hydrogens (tertiary/aromatic N) is 3. The van der Waals surface area contributed by atoms with Gasteiger partial charge in [-0.25, -0.2) is 4.79 Å². The lowest BCUT2D eigenvalue weighted by molar-refractivity contribution is -0.139. The van der Waals surface area contributed by atoms with Crippen LogP contribution in [-0.4, -0.2) is 78.1 Å². The molecule has 0 spiro atoms. The smallest absolute Gasteiger partial charge is 0.410 e. The zero-order valence-electron chi connectivity index (χ0n) is 17.0. The molecule has 6 nitrogen and oxygen atoms in total. The second kappa shape index (κ2) is 7.98. The first-order chi connectivity index (χ1) is 14.2. The van der Waals surface area contributed by atoms with E-state index >= 15 is 0 Å². The van der Waals surface area contributed by atoms with Gasteiger partial charge in [0.1, 0.15) is 13.2 Å². The van der Waals surface area contributed by atoms with Gasteiger partial charge in [0.25, 0.3) is 0 Å². The van der Waals surface area contributed by atoms with Crippen LogP contribution in [0.2, 0.25) is 0 Å². The molecule has 2 amide bonds. The van der Waals surface area contributed by atoms with Gasteiger partial charge in [0.2, 0.25) is 5.91 Å². The Labute approximate surface area is 172 Å². The standard InChI is InChI=1S/C23H31N3O3/c27-22(16-24-9-10-29-23(24)28)25-13-18-11-19(15-25)21-8-4-7-20(26(21)14-18)12-17-5-2-1-3-6-17/h1-3,5-6,18-21H,4,7-16H2/t18-,19+,20+,21-/m0/s1. The fourth-order valence-corrected chi connectivity index (χ4v) is 6.05. The van der Waals surface area contributed by atoms with Crippen molar-refractivity contribution >= 4 is 12.0 Å². The molecule has 0 N–H and O–H groups in total. The van der Waals surface area contributed by atoms with Gasteiger partial charge in [-0.05, 0) is 43.1 Å². The fourth-order valence-electron chi connectivity index (χ4n) is 6.05. The first-order valence-corrected chi connectivity index (χ1v) is 11.2. The number of cyclic esters (lactones) is 1. The van der Waals surface area contributed by atoms with E-state index in [1.165, 1.54) is 36.1 Å². The highest BCUT2D eigenvalue weighted by molar-refractivity contribution is 5.83. The van der Waals surface area contributed by atoms with Crippen molar-refractivity contribution in [1.29, 1.82) is 0 Å². The fraction of sp³-hybridized carbons (Fsp3) is 0.652. The molecule has 4 aliphatic rings. The molecule has 4 atom stereocenters. The number of amides is 2. The minimum Gasteiger partial charge on any atom is -0.448 e. The molecule has 0 radical (unpaired) electrons. The number of hydrogen-bond donors (Lipinski definition) is 0. The third-order valence-electron chi connectivity index (χ3n) is 7.35. The monoisotopic (exact) mass is 397 g/mol. The molecule has 1 aromatic rings. The molecule has 0 aliphatic carbocycles. The van der Waals surface area contributed by atoms with E-state index in [0.717, 1.165) is 26.1 Å². The molecule has 0 unspecified atom stereocenters. The minimum atomic E-state index is -0.349. The highest BCUT2D eigenvalue weighted by Crippen LogP contribution is 2.40. The Morgan fingerprint density at radius 3 is 2.76 bits per heavy atom. The van der Waals surface area contributed by atoms with Crippen LogP contribution in [0.1, 0.15) is 31.2 Å². The lowest BCUT2D eigenvalue weighted by Crippen LogP contribution is -2.63. The largest absolute Gasteiger partial charge is 0.448 e. The predicted octanol–water partition coefficient (Wildman–Crippen LogP) is 2.38. The van der Waals surface area contributed by atoms with Crippen LogP contribution in [0.5, 0.6) is 0 Å². The van der Waals surface area contributed by atoms with Crippen LogP contribution in [0.25, 0.3) is 0 Å². The Bertz CT molecular complexity index is 755. The van der Waals surface area contributed by atoms with E-state index in [2.05, 4.69) is 35.2 Å². The minimum absolute atomic E-state index is 0.0867. The zero-order chi connectivity index (χ0) is 19.8. The molecular weight excluding hydrogens is 366 g/mol. The van der Waals surface area contributed by atoms with Crippen molar-refractivity contribution in [3.05, 3.63) is 35.9 Å². The van der Waals surface area contributed by atoms with E-state index in [1.54, 1.807) is 0 Å². The molecule has 4 aliphatic heterocycles. The molecule has 4 fully saturated rings. The van der Waals surface area contributed by atoms with E-state index in [-0.39, 0.29) is 18.5 Å². The first-order valence-electron chi connectivity index (χ1n) is 11.2. The lowest BCUT2D eigenvalue weighted by Gasteiger charge is -2.55. The number of likely N-dealkylation sites (tertiary alicyclic amines) is 1. The lowest BCUT2D eigenvalue weighted by atomic mass is 9.74. The molecule has 4 saturated heterocycles. The first kappa shape index (κ1) is 18.9. The molecule has 5 rings (SSSR count).